The van der Waals surface area contributed by atoms with Crippen LogP contribution in [-0.2, 0) is 4.79 Å². The molecule has 1 fully saturated rings. The van der Waals surface area contributed by atoms with E-state index in [9.17, 15) is 4.79 Å². The molecule has 0 saturated carbocycles. The number of halogens is 1. The zero-order valence-corrected chi connectivity index (χ0v) is 11.1. The van der Waals surface area contributed by atoms with Crippen molar-refractivity contribution >= 4 is 27.5 Å². The summed E-state index contributed by atoms with van der Waals surface area (Å²) in [7, 11) is 0. The summed E-state index contributed by atoms with van der Waals surface area (Å²) in [6, 6.07) is 6.54. The maximum Gasteiger partial charge on any atom is 0.232 e. The van der Waals surface area contributed by atoms with Crippen molar-refractivity contribution in [1.82, 2.24) is 5.32 Å². The van der Waals surface area contributed by atoms with Crippen molar-refractivity contribution in [3.8, 4) is 0 Å². The Kier molecular flexibility index (Phi) is 2.92. The lowest BCUT2D eigenvalue weighted by atomic mass is 9.93. The molecule has 0 radical (unpaired) electrons. The van der Waals surface area contributed by atoms with E-state index in [4.69, 9.17) is 0 Å². The molecule has 0 bridgehead atoms. The van der Waals surface area contributed by atoms with E-state index in [1.165, 1.54) is 12.8 Å². The summed E-state index contributed by atoms with van der Waals surface area (Å²) in [5.74, 6) is 0.167. The van der Waals surface area contributed by atoms with Crippen molar-refractivity contribution in [2.24, 2.45) is 0 Å². The van der Waals surface area contributed by atoms with Crippen LogP contribution < -0.4 is 10.6 Å². The Bertz CT molecular complexity index is 455. The minimum Gasteiger partial charge on any atom is -0.325 e. The van der Waals surface area contributed by atoms with E-state index in [-0.39, 0.29) is 11.8 Å². The minimum absolute atomic E-state index is 0.0219. The number of fused-ring (bicyclic) bond motifs is 1. The van der Waals surface area contributed by atoms with Crippen LogP contribution >= 0.6 is 15.9 Å². The van der Waals surface area contributed by atoms with E-state index in [1.807, 2.05) is 12.1 Å². The Morgan fingerprint density at radius 1 is 1.41 bits per heavy atom. The fourth-order valence-electron chi connectivity index (χ4n) is 2.78. The van der Waals surface area contributed by atoms with Crippen molar-refractivity contribution in [1.29, 1.82) is 0 Å². The lowest BCUT2D eigenvalue weighted by molar-refractivity contribution is -0.117. The van der Waals surface area contributed by atoms with Gasteiger partial charge in [0, 0.05) is 16.2 Å². The maximum absolute atomic E-state index is 12.0. The second-order valence-electron chi connectivity index (χ2n) is 4.80. The molecular weight excluding hydrogens is 280 g/mol. The van der Waals surface area contributed by atoms with Gasteiger partial charge in [0.15, 0.2) is 0 Å². The minimum atomic E-state index is 0.0219. The van der Waals surface area contributed by atoms with E-state index in [0.29, 0.717) is 6.04 Å². The van der Waals surface area contributed by atoms with Crippen LogP contribution in [0, 0.1) is 0 Å². The highest BCUT2D eigenvalue weighted by molar-refractivity contribution is 9.10. The molecule has 2 unspecified atom stereocenters. The Hall–Kier alpha value is -0.870. The van der Waals surface area contributed by atoms with E-state index < -0.39 is 0 Å². The first kappa shape index (κ1) is 11.2. The van der Waals surface area contributed by atoms with Crippen LogP contribution in [0.2, 0.25) is 0 Å². The van der Waals surface area contributed by atoms with Gasteiger partial charge in [0.2, 0.25) is 5.91 Å². The Morgan fingerprint density at radius 3 is 3.06 bits per heavy atom. The van der Waals surface area contributed by atoms with Crippen LogP contribution in [0.4, 0.5) is 5.69 Å². The van der Waals surface area contributed by atoms with Crippen LogP contribution in [0.3, 0.4) is 0 Å². The third-order valence-electron chi connectivity index (χ3n) is 3.65. The smallest absolute Gasteiger partial charge is 0.232 e. The first-order valence-corrected chi connectivity index (χ1v) is 6.87. The zero-order chi connectivity index (χ0) is 11.8. The summed E-state index contributed by atoms with van der Waals surface area (Å²) in [5, 5.41) is 6.42. The summed E-state index contributed by atoms with van der Waals surface area (Å²) in [6.07, 6.45) is 3.34. The van der Waals surface area contributed by atoms with Gasteiger partial charge in [0.1, 0.15) is 0 Å². The lowest BCUT2D eigenvalue weighted by Gasteiger charge is -2.14. The molecule has 2 aliphatic heterocycles. The van der Waals surface area contributed by atoms with E-state index >= 15 is 0 Å². The Morgan fingerprint density at radius 2 is 2.29 bits per heavy atom. The second kappa shape index (κ2) is 4.42. The molecule has 2 aliphatic rings. The third-order valence-corrected chi connectivity index (χ3v) is 4.14. The third kappa shape index (κ3) is 2.11. The number of rotatable bonds is 2. The van der Waals surface area contributed by atoms with Gasteiger partial charge in [-0.05, 0) is 43.5 Å². The van der Waals surface area contributed by atoms with Gasteiger partial charge in [-0.15, -0.1) is 0 Å². The standard InChI is InChI=1S/C13H15BrN2O/c14-8-3-4-10-11(7-9-2-1-5-15-9)13(17)16-12(10)6-8/h3-4,6,9,11,15H,1-2,5,7H2,(H,16,17). The molecule has 3 nitrogen and oxygen atoms in total. The molecule has 4 heteroatoms. The molecule has 1 aromatic rings. The van der Waals surface area contributed by atoms with Gasteiger partial charge < -0.3 is 10.6 Å². The number of amides is 1. The number of anilines is 1. The molecule has 17 heavy (non-hydrogen) atoms. The fourth-order valence-corrected chi connectivity index (χ4v) is 3.14. The predicted molar refractivity (Wildman–Crippen MR) is 71.2 cm³/mol. The molecule has 0 aromatic heterocycles. The largest absolute Gasteiger partial charge is 0.325 e. The molecule has 90 valence electrons. The molecule has 2 heterocycles. The average Bonchev–Trinajstić information content (AvgIpc) is 2.88. The average molecular weight is 295 g/mol. The lowest BCUT2D eigenvalue weighted by Crippen LogP contribution is -2.26. The highest BCUT2D eigenvalue weighted by Crippen LogP contribution is 2.37. The molecule has 1 aromatic carbocycles. The topological polar surface area (TPSA) is 41.1 Å². The normalized spacial score (nSPS) is 27.0. The van der Waals surface area contributed by atoms with Crippen molar-refractivity contribution in [2.75, 3.05) is 11.9 Å². The van der Waals surface area contributed by atoms with Gasteiger partial charge in [0.05, 0.1) is 5.92 Å². The number of carbonyl (C=O) groups is 1. The van der Waals surface area contributed by atoms with E-state index in [1.54, 1.807) is 0 Å². The van der Waals surface area contributed by atoms with Crippen molar-refractivity contribution in [2.45, 2.75) is 31.2 Å². The number of benzene rings is 1. The molecular formula is C13H15BrN2O. The summed E-state index contributed by atoms with van der Waals surface area (Å²) >= 11 is 3.43. The second-order valence-corrected chi connectivity index (χ2v) is 5.72. The van der Waals surface area contributed by atoms with Gasteiger partial charge in [-0.2, -0.15) is 0 Å². The Labute approximate surface area is 109 Å². The van der Waals surface area contributed by atoms with E-state index in [2.05, 4.69) is 32.6 Å². The number of hydrogen-bond donors (Lipinski definition) is 2. The quantitative estimate of drug-likeness (QED) is 0.880. The van der Waals surface area contributed by atoms with E-state index in [0.717, 1.165) is 28.7 Å². The SMILES string of the molecule is O=C1Nc2cc(Br)ccc2C1CC1CCCN1. The zero-order valence-electron chi connectivity index (χ0n) is 9.50. The van der Waals surface area contributed by atoms with Gasteiger partial charge in [-0.1, -0.05) is 22.0 Å². The monoisotopic (exact) mass is 294 g/mol. The molecule has 0 aliphatic carbocycles. The Balaban J connectivity index is 1.83. The van der Waals surface area contributed by atoms with Crippen LogP contribution in [-0.4, -0.2) is 18.5 Å². The molecule has 1 amide bonds. The highest BCUT2D eigenvalue weighted by atomic mass is 79.9. The van der Waals surface area contributed by atoms with Crippen molar-refractivity contribution in [3.05, 3.63) is 28.2 Å². The molecule has 2 N–H and O–H groups in total. The number of carbonyl (C=O) groups excluding carboxylic acids is 1. The van der Waals surface area contributed by atoms with Crippen LogP contribution in [0.15, 0.2) is 22.7 Å². The van der Waals surface area contributed by atoms with Crippen LogP contribution in [0.25, 0.3) is 0 Å². The molecule has 3 rings (SSSR count). The summed E-state index contributed by atoms with van der Waals surface area (Å²) in [4.78, 5) is 12.0. The van der Waals surface area contributed by atoms with Crippen molar-refractivity contribution in [3.63, 3.8) is 0 Å². The summed E-state index contributed by atoms with van der Waals surface area (Å²) in [6.45, 7) is 1.09. The van der Waals surface area contributed by atoms with Gasteiger partial charge in [-0.3, -0.25) is 4.79 Å². The number of hydrogen-bond acceptors (Lipinski definition) is 2. The van der Waals surface area contributed by atoms with Crippen LogP contribution in [0.1, 0.15) is 30.7 Å². The predicted octanol–water partition coefficient (Wildman–Crippen LogP) is 2.63. The van der Waals surface area contributed by atoms with Crippen LogP contribution in [0.5, 0.6) is 0 Å². The molecule has 2 atom stereocenters. The number of nitrogens with one attached hydrogen (secondary N) is 2. The van der Waals surface area contributed by atoms with Gasteiger partial charge in [-0.25, -0.2) is 0 Å². The first-order valence-electron chi connectivity index (χ1n) is 6.08. The fraction of sp³-hybridized carbons (Fsp3) is 0.462. The first-order chi connectivity index (χ1) is 8.24. The maximum atomic E-state index is 12.0. The summed E-state index contributed by atoms with van der Waals surface area (Å²) < 4.78 is 1.01. The highest BCUT2D eigenvalue weighted by Gasteiger charge is 2.33. The summed E-state index contributed by atoms with van der Waals surface area (Å²) in [5.41, 5.74) is 2.11. The van der Waals surface area contributed by atoms with Gasteiger partial charge >= 0.3 is 0 Å². The van der Waals surface area contributed by atoms with Crippen molar-refractivity contribution < 1.29 is 4.79 Å². The molecule has 1 saturated heterocycles. The molecule has 0 spiro atoms. The van der Waals surface area contributed by atoms with Gasteiger partial charge in [0.25, 0.3) is 0 Å².